The summed E-state index contributed by atoms with van der Waals surface area (Å²) in [5.74, 6) is -1.04. The molecule has 0 aliphatic carbocycles. The fourth-order valence-corrected chi connectivity index (χ4v) is 3.57. The summed E-state index contributed by atoms with van der Waals surface area (Å²) in [5.41, 5.74) is 7.09. The summed E-state index contributed by atoms with van der Waals surface area (Å²) in [6.07, 6.45) is -3.23. The van der Waals surface area contributed by atoms with Crippen LogP contribution in [-0.4, -0.2) is 18.6 Å². The summed E-state index contributed by atoms with van der Waals surface area (Å²) < 4.78 is 43.8. The Morgan fingerprint density at radius 2 is 1.72 bits per heavy atom. The Kier molecular flexibility index (Phi) is 6.23. The summed E-state index contributed by atoms with van der Waals surface area (Å²) in [7, 11) is 0. The van der Waals surface area contributed by atoms with Gasteiger partial charge in [-0.1, -0.05) is 36.4 Å². The van der Waals surface area contributed by atoms with Crippen molar-refractivity contribution >= 4 is 5.91 Å². The van der Waals surface area contributed by atoms with E-state index in [1.165, 1.54) is 12.1 Å². The molecule has 1 aliphatic heterocycles. The van der Waals surface area contributed by atoms with Gasteiger partial charge in [0, 0.05) is 12.5 Å². The first-order valence-corrected chi connectivity index (χ1v) is 9.35. The van der Waals surface area contributed by atoms with E-state index in [-0.39, 0.29) is 17.9 Å². The summed E-state index contributed by atoms with van der Waals surface area (Å²) in [6.45, 7) is 0.406. The Morgan fingerprint density at radius 1 is 1.14 bits per heavy atom. The second kappa shape index (κ2) is 8.66. The molecular formula is C22H21F3N2O2. The molecule has 2 N–H and O–H groups in total. The number of carbonyl (C=O) groups excluding carboxylic acids is 1. The Morgan fingerprint density at radius 3 is 2.24 bits per heavy atom. The third kappa shape index (κ3) is 5.15. The molecule has 3 unspecified atom stereocenters. The first kappa shape index (κ1) is 20.9. The summed E-state index contributed by atoms with van der Waals surface area (Å²) in [6, 6.07) is 14.6. The van der Waals surface area contributed by atoms with E-state index in [1.807, 2.05) is 24.3 Å². The lowest BCUT2D eigenvalue weighted by Gasteiger charge is -2.30. The zero-order valence-electron chi connectivity index (χ0n) is 15.7. The standard InChI is InChI=1S/C22H21F3N2O2/c23-22(24,25)19-7-5-16(6-8-19)15-3-1-14(2-4-15)11-18(13-26)20-12-17(21(27)28)9-10-29-20/h1-8,17-18,20H,9-12H2,(H2,27,28). The highest BCUT2D eigenvalue weighted by atomic mass is 19.4. The molecule has 0 bridgehead atoms. The maximum absolute atomic E-state index is 12.7. The van der Waals surface area contributed by atoms with E-state index in [0.29, 0.717) is 31.4 Å². The number of alkyl halides is 3. The van der Waals surface area contributed by atoms with Crippen LogP contribution >= 0.6 is 0 Å². The van der Waals surface area contributed by atoms with Gasteiger partial charge in [-0.2, -0.15) is 18.4 Å². The van der Waals surface area contributed by atoms with E-state index < -0.39 is 17.7 Å². The van der Waals surface area contributed by atoms with Gasteiger partial charge in [-0.05, 0) is 48.1 Å². The van der Waals surface area contributed by atoms with Crippen LogP contribution in [0.4, 0.5) is 13.2 Å². The van der Waals surface area contributed by atoms with E-state index in [0.717, 1.165) is 23.3 Å². The Balaban J connectivity index is 1.68. The van der Waals surface area contributed by atoms with Gasteiger partial charge in [-0.15, -0.1) is 0 Å². The molecule has 1 aliphatic rings. The van der Waals surface area contributed by atoms with Crippen molar-refractivity contribution in [1.29, 1.82) is 5.26 Å². The predicted octanol–water partition coefficient (Wildman–Crippen LogP) is 4.34. The zero-order valence-corrected chi connectivity index (χ0v) is 15.7. The van der Waals surface area contributed by atoms with Gasteiger partial charge in [-0.3, -0.25) is 4.79 Å². The number of hydrogen-bond donors (Lipinski definition) is 1. The largest absolute Gasteiger partial charge is 0.416 e. The number of rotatable bonds is 5. The molecule has 0 aromatic heterocycles. The topological polar surface area (TPSA) is 76.1 Å². The minimum absolute atomic E-state index is 0.272. The molecule has 0 saturated carbocycles. The highest BCUT2D eigenvalue weighted by Gasteiger charge is 2.32. The summed E-state index contributed by atoms with van der Waals surface area (Å²) in [4.78, 5) is 11.4. The minimum atomic E-state index is -4.36. The average molecular weight is 402 g/mol. The quantitative estimate of drug-likeness (QED) is 0.809. The van der Waals surface area contributed by atoms with Crippen molar-refractivity contribution in [2.75, 3.05) is 6.61 Å². The number of primary amides is 1. The molecule has 4 nitrogen and oxygen atoms in total. The second-order valence-electron chi connectivity index (χ2n) is 7.24. The van der Waals surface area contributed by atoms with E-state index in [1.54, 1.807) is 0 Å². The molecule has 152 valence electrons. The summed E-state index contributed by atoms with van der Waals surface area (Å²) in [5, 5.41) is 9.55. The molecule has 2 aromatic rings. The van der Waals surface area contributed by atoms with Gasteiger partial charge in [0.05, 0.1) is 23.7 Å². The molecule has 1 heterocycles. The lowest BCUT2D eigenvalue weighted by Crippen LogP contribution is -2.37. The number of halogens is 3. The molecule has 7 heteroatoms. The zero-order chi connectivity index (χ0) is 21.0. The number of nitrogens with zero attached hydrogens (tertiary/aromatic N) is 1. The van der Waals surface area contributed by atoms with Crippen LogP contribution in [0.5, 0.6) is 0 Å². The number of ether oxygens (including phenoxy) is 1. The predicted molar refractivity (Wildman–Crippen MR) is 101 cm³/mol. The minimum Gasteiger partial charge on any atom is -0.377 e. The maximum atomic E-state index is 12.7. The number of nitriles is 1. The lowest BCUT2D eigenvalue weighted by atomic mass is 9.85. The molecular weight excluding hydrogens is 381 g/mol. The third-order valence-electron chi connectivity index (χ3n) is 5.29. The van der Waals surface area contributed by atoms with Crippen LogP contribution in [0, 0.1) is 23.2 Å². The Hall–Kier alpha value is -2.85. The molecule has 0 spiro atoms. The van der Waals surface area contributed by atoms with Crippen molar-refractivity contribution in [1.82, 2.24) is 0 Å². The summed E-state index contributed by atoms with van der Waals surface area (Å²) >= 11 is 0. The van der Waals surface area contributed by atoms with Crippen LogP contribution in [0.3, 0.4) is 0 Å². The molecule has 2 aromatic carbocycles. The molecule has 1 amide bonds. The number of amides is 1. The number of hydrogen-bond acceptors (Lipinski definition) is 3. The van der Waals surface area contributed by atoms with Gasteiger partial charge in [0.15, 0.2) is 0 Å². The van der Waals surface area contributed by atoms with Crippen molar-refractivity contribution in [3.63, 3.8) is 0 Å². The first-order chi connectivity index (χ1) is 13.8. The number of carbonyl (C=O) groups is 1. The highest BCUT2D eigenvalue weighted by Crippen LogP contribution is 2.31. The van der Waals surface area contributed by atoms with Gasteiger partial charge >= 0.3 is 6.18 Å². The lowest BCUT2D eigenvalue weighted by molar-refractivity contribution is -0.137. The number of benzene rings is 2. The monoisotopic (exact) mass is 402 g/mol. The first-order valence-electron chi connectivity index (χ1n) is 9.35. The van der Waals surface area contributed by atoms with Crippen LogP contribution in [0.15, 0.2) is 48.5 Å². The normalized spacial score (nSPS) is 20.6. The van der Waals surface area contributed by atoms with Gasteiger partial charge in [-0.25, -0.2) is 0 Å². The van der Waals surface area contributed by atoms with Gasteiger partial charge < -0.3 is 10.5 Å². The van der Waals surface area contributed by atoms with Crippen LogP contribution in [0.25, 0.3) is 11.1 Å². The van der Waals surface area contributed by atoms with Crippen molar-refractivity contribution in [3.8, 4) is 17.2 Å². The fourth-order valence-electron chi connectivity index (χ4n) is 3.57. The molecule has 1 saturated heterocycles. The molecule has 29 heavy (non-hydrogen) atoms. The van der Waals surface area contributed by atoms with Gasteiger partial charge in [0.2, 0.25) is 5.91 Å². The van der Waals surface area contributed by atoms with Crippen LogP contribution < -0.4 is 5.73 Å². The van der Waals surface area contributed by atoms with E-state index in [2.05, 4.69) is 6.07 Å². The molecule has 3 rings (SSSR count). The third-order valence-corrected chi connectivity index (χ3v) is 5.29. The van der Waals surface area contributed by atoms with E-state index in [9.17, 15) is 23.2 Å². The molecule has 0 radical (unpaired) electrons. The maximum Gasteiger partial charge on any atom is 0.416 e. The van der Waals surface area contributed by atoms with Crippen LogP contribution in [0.1, 0.15) is 24.0 Å². The van der Waals surface area contributed by atoms with Crippen molar-refractivity contribution < 1.29 is 22.7 Å². The van der Waals surface area contributed by atoms with Crippen LogP contribution in [-0.2, 0) is 22.1 Å². The van der Waals surface area contributed by atoms with E-state index >= 15 is 0 Å². The molecule has 1 fully saturated rings. The van der Waals surface area contributed by atoms with Crippen molar-refractivity contribution in [2.45, 2.75) is 31.5 Å². The highest BCUT2D eigenvalue weighted by molar-refractivity contribution is 5.76. The number of nitrogens with two attached hydrogens (primary N) is 1. The SMILES string of the molecule is N#CC(Cc1ccc(-c2ccc(C(F)(F)F)cc2)cc1)C1CC(C(N)=O)CCO1. The second-order valence-corrected chi connectivity index (χ2v) is 7.24. The smallest absolute Gasteiger partial charge is 0.377 e. The van der Waals surface area contributed by atoms with Crippen molar-refractivity contribution in [3.05, 3.63) is 59.7 Å². The van der Waals surface area contributed by atoms with Crippen LogP contribution in [0.2, 0.25) is 0 Å². The average Bonchev–Trinajstić information content (AvgIpc) is 2.72. The Labute approximate surface area is 167 Å². The Bertz CT molecular complexity index is 886. The molecule has 3 atom stereocenters. The fraction of sp³-hybridized carbons (Fsp3) is 0.364. The van der Waals surface area contributed by atoms with E-state index in [4.69, 9.17) is 10.5 Å². The van der Waals surface area contributed by atoms with Gasteiger partial charge in [0.25, 0.3) is 0 Å². The van der Waals surface area contributed by atoms with Crippen molar-refractivity contribution in [2.24, 2.45) is 17.6 Å². The van der Waals surface area contributed by atoms with Gasteiger partial charge in [0.1, 0.15) is 0 Å².